The summed E-state index contributed by atoms with van der Waals surface area (Å²) in [7, 11) is 0. The van der Waals surface area contributed by atoms with Gasteiger partial charge in [-0.3, -0.25) is 4.79 Å². The molecule has 0 bridgehead atoms. The fraction of sp³-hybridized carbons (Fsp3) is 0.200. The van der Waals surface area contributed by atoms with E-state index in [2.05, 4.69) is 37.2 Å². The van der Waals surface area contributed by atoms with Crippen molar-refractivity contribution in [3.63, 3.8) is 0 Å². The van der Waals surface area contributed by atoms with E-state index in [4.69, 9.17) is 9.94 Å². The molecule has 0 fully saturated rings. The molecule has 1 N–H and O–H groups in total. The smallest absolute Gasteiger partial charge is 0.307 e. The van der Waals surface area contributed by atoms with E-state index < -0.39 is 5.97 Å². The lowest BCUT2D eigenvalue weighted by Gasteiger charge is -2.07. The number of hydrogen-bond acceptors (Lipinski definition) is 3. The summed E-state index contributed by atoms with van der Waals surface area (Å²) in [4.78, 5) is 16.5. The highest BCUT2D eigenvalue weighted by Crippen LogP contribution is 2.22. The molecular formula is C25H25NO3. The van der Waals surface area contributed by atoms with Crippen LogP contribution >= 0.6 is 0 Å². The Morgan fingerprint density at radius 3 is 2.34 bits per heavy atom. The van der Waals surface area contributed by atoms with Crippen molar-refractivity contribution in [2.75, 3.05) is 0 Å². The average Bonchev–Trinajstić information content (AvgIpc) is 2.70. The summed E-state index contributed by atoms with van der Waals surface area (Å²) in [6.07, 6.45) is 0.0233. The van der Waals surface area contributed by atoms with E-state index in [1.165, 1.54) is 11.1 Å². The molecule has 148 valence electrons. The first-order valence-electron chi connectivity index (χ1n) is 9.56. The summed E-state index contributed by atoms with van der Waals surface area (Å²) in [5.74, 6) is -0.829. The maximum absolute atomic E-state index is 10.9. The first kappa shape index (κ1) is 20.3. The highest BCUT2D eigenvalue weighted by Gasteiger charge is 2.05. The topological polar surface area (TPSA) is 58.9 Å². The Kier molecular flexibility index (Phi) is 6.45. The van der Waals surface area contributed by atoms with Crippen molar-refractivity contribution in [2.45, 2.75) is 33.8 Å². The molecule has 0 atom stereocenters. The van der Waals surface area contributed by atoms with Gasteiger partial charge in [-0.1, -0.05) is 71.9 Å². The quantitative estimate of drug-likeness (QED) is 0.428. The lowest BCUT2D eigenvalue weighted by Crippen LogP contribution is -2.00. The van der Waals surface area contributed by atoms with E-state index >= 15 is 0 Å². The van der Waals surface area contributed by atoms with Gasteiger partial charge in [0.1, 0.15) is 6.61 Å². The number of oxime groups is 1. The molecule has 3 rings (SSSR count). The van der Waals surface area contributed by atoms with Crippen molar-refractivity contribution >= 4 is 11.7 Å². The average molecular weight is 387 g/mol. The molecule has 29 heavy (non-hydrogen) atoms. The summed E-state index contributed by atoms with van der Waals surface area (Å²) in [5.41, 5.74) is 8.21. The van der Waals surface area contributed by atoms with Crippen LogP contribution in [0.15, 0.2) is 71.9 Å². The van der Waals surface area contributed by atoms with Gasteiger partial charge in [-0.15, -0.1) is 0 Å². The van der Waals surface area contributed by atoms with E-state index in [1.54, 1.807) is 0 Å². The molecule has 3 aromatic rings. The Balaban J connectivity index is 1.66. The molecular weight excluding hydrogens is 362 g/mol. The normalized spacial score (nSPS) is 11.3. The third-order valence-corrected chi connectivity index (χ3v) is 4.92. The van der Waals surface area contributed by atoms with Crippen molar-refractivity contribution in [3.05, 3.63) is 94.5 Å². The predicted molar refractivity (Wildman–Crippen MR) is 116 cm³/mol. The molecule has 0 aromatic heterocycles. The van der Waals surface area contributed by atoms with Crippen LogP contribution in [0.3, 0.4) is 0 Å². The van der Waals surface area contributed by atoms with Crippen LogP contribution in [0.5, 0.6) is 0 Å². The Labute approximate surface area is 171 Å². The van der Waals surface area contributed by atoms with Gasteiger partial charge >= 0.3 is 5.97 Å². The van der Waals surface area contributed by atoms with E-state index in [0.717, 1.165) is 33.5 Å². The molecule has 4 heteroatoms. The summed E-state index contributed by atoms with van der Waals surface area (Å²) in [6.45, 7) is 6.54. The predicted octanol–water partition coefficient (Wildman–Crippen LogP) is 5.54. The first-order valence-corrected chi connectivity index (χ1v) is 9.56. The van der Waals surface area contributed by atoms with Crippen molar-refractivity contribution in [1.29, 1.82) is 0 Å². The van der Waals surface area contributed by atoms with E-state index in [-0.39, 0.29) is 6.42 Å². The van der Waals surface area contributed by atoms with Crippen molar-refractivity contribution < 1.29 is 14.7 Å². The molecule has 4 nitrogen and oxygen atoms in total. The molecule has 0 saturated carbocycles. The summed E-state index contributed by atoms with van der Waals surface area (Å²) in [6, 6.07) is 21.9. The van der Waals surface area contributed by atoms with Crippen molar-refractivity contribution in [3.8, 4) is 11.1 Å². The third-order valence-electron chi connectivity index (χ3n) is 4.92. The second-order valence-corrected chi connectivity index (χ2v) is 7.22. The SMILES string of the molecule is C/C(=N\OCc1ccc(C)c(C)c1)c1ccc(-c2cccc(CC(=O)O)c2)cc1. The fourth-order valence-electron chi connectivity index (χ4n) is 3.09. The minimum atomic E-state index is -0.829. The fourth-order valence-corrected chi connectivity index (χ4v) is 3.09. The van der Waals surface area contributed by atoms with Crippen molar-refractivity contribution in [2.24, 2.45) is 5.16 Å². The molecule has 0 amide bonds. The molecule has 0 aliphatic carbocycles. The van der Waals surface area contributed by atoms with Gasteiger partial charge in [0.05, 0.1) is 12.1 Å². The van der Waals surface area contributed by atoms with E-state index in [1.807, 2.05) is 55.5 Å². The van der Waals surface area contributed by atoms with E-state index in [9.17, 15) is 4.79 Å². The molecule has 3 aromatic carbocycles. The van der Waals surface area contributed by atoms with Crippen LogP contribution in [-0.2, 0) is 22.7 Å². The third kappa shape index (κ3) is 5.55. The van der Waals surface area contributed by atoms with Crippen LogP contribution in [0.1, 0.15) is 34.7 Å². The molecule has 0 radical (unpaired) electrons. The number of aryl methyl sites for hydroxylation is 2. The van der Waals surface area contributed by atoms with Crippen LogP contribution in [0.4, 0.5) is 0 Å². The van der Waals surface area contributed by atoms with Gasteiger partial charge in [0.25, 0.3) is 0 Å². The summed E-state index contributed by atoms with van der Waals surface area (Å²) in [5, 5.41) is 13.2. The number of carboxylic acids is 1. The summed E-state index contributed by atoms with van der Waals surface area (Å²) < 4.78 is 0. The van der Waals surface area contributed by atoms with Gasteiger partial charge in [0.15, 0.2) is 0 Å². The number of hydrogen-bond donors (Lipinski definition) is 1. The maximum Gasteiger partial charge on any atom is 0.307 e. The zero-order chi connectivity index (χ0) is 20.8. The van der Waals surface area contributed by atoms with Crippen LogP contribution in [0.2, 0.25) is 0 Å². The summed E-state index contributed by atoms with van der Waals surface area (Å²) >= 11 is 0. The van der Waals surface area contributed by atoms with Crippen LogP contribution in [0.25, 0.3) is 11.1 Å². The Hall–Kier alpha value is -3.40. The number of aliphatic carboxylic acids is 1. The lowest BCUT2D eigenvalue weighted by atomic mass is 10.00. The van der Waals surface area contributed by atoms with Crippen LogP contribution < -0.4 is 0 Å². The molecule has 0 heterocycles. The number of benzene rings is 3. The Bertz CT molecular complexity index is 1040. The molecule has 0 spiro atoms. The minimum absolute atomic E-state index is 0.0233. The van der Waals surface area contributed by atoms with Gasteiger partial charge in [-0.05, 0) is 59.7 Å². The largest absolute Gasteiger partial charge is 0.481 e. The second kappa shape index (κ2) is 9.20. The standard InChI is InChI=1S/C25H25NO3/c1-17-7-8-21(13-18(17)2)16-29-26-19(3)22-9-11-23(12-10-22)24-6-4-5-20(14-24)15-25(27)28/h4-14H,15-16H2,1-3H3,(H,27,28)/b26-19+. The minimum Gasteiger partial charge on any atom is -0.481 e. The van der Waals surface area contributed by atoms with Gasteiger partial charge in [0, 0.05) is 0 Å². The monoisotopic (exact) mass is 387 g/mol. The number of nitrogens with zero attached hydrogens (tertiary/aromatic N) is 1. The molecule has 0 unspecified atom stereocenters. The number of carboxylic acid groups (broad SMARTS) is 1. The highest BCUT2D eigenvalue weighted by molar-refractivity contribution is 5.98. The zero-order valence-electron chi connectivity index (χ0n) is 17.0. The molecule has 0 aliphatic rings. The molecule has 0 aliphatic heterocycles. The van der Waals surface area contributed by atoms with Gasteiger partial charge in [0.2, 0.25) is 0 Å². The van der Waals surface area contributed by atoms with Gasteiger partial charge in [-0.25, -0.2) is 0 Å². The second-order valence-electron chi connectivity index (χ2n) is 7.22. The zero-order valence-corrected chi connectivity index (χ0v) is 17.0. The molecule has 0 saturated heterocycles. The van der Waals surface area contributed by atoms with E-state index in [0.29, 0.717) is 6.61 Å². The number of rotatable bonds is 7. The van der Waals surface area contributed by atoms with Crippen LogP contribution in [-0.4, -0.2) is 16.8 Å². The van der Waals surface area contributed by atoms with Gasteiger partial charge < -0.3 is 9.94 Å². The maximum atomic E-state index is 10.9. The first-order chi connectivity index (χ1) is 13.9. The Morgan fingerprint density at radius 1 is 0.897 bits per heavy atom. The van der Waals surface area contributed by atoms with Gasteiger partial charge in [-0.2, -0.15) is 0 Å². The van der Waals surface area contributed by atoms with Crippen LogP contribution in [0, 0.1) is 13.8 Å². The number of carbonyl (C=O) groups is 1. The highest BCUT2D eigenvalue weighted by atomic mass is 16.6. The lowest BCUT2D eigenvalue weighted by molar-refractivity contribution is -0.136. The van der Waals surface area contributed by atoms with Crippen molar-refractivity contribution in [1.82, 2.24) is 0 Å². The Morgan fingerprint density at radius 2 is 1.66 bits per heavy atom.